The summed E-state index contributed by atoms with van der Waals surface area (Å²) in [5, 5.41) is 3.89. The maximum Gasteiger partial charge on any atom is 0.296 e. The molecule has 1 amide bonds. The van der Waals surface area contributed by atoms with E-state index in [9.17, 15) is 9.59 Å². The number of aromatic nitrogens is 3. The molecule has 1 aromatic carbocycles. The lowest BCUT2D eigenvalue weighted by Crippen LogP contribution is -2.23. The molecule has 3 aromatic heterocycles. The Balaban J connectivity index is 1.69. The number of nitrogens with zero attached hydrogens (tertiary/aromatic N) is 3. The van der Waals surface area contributed by atoms with Gasteiger partial charge in [0.05, 0.1) is 29.9 Å². The molecular weight excluding hydrogens is 416 g/mol. The van der Waals surface area contributed by atoms with E-state index in [-0.39, 0.29) is 0 Å². The number of Topliss-reactive ketones (excluding diaryl/α,β-unsaturated/α-hetero) is 1. The number of pyridine rings is 2. The van der Waals surface area contributed by atoms with E-state index < -0.39 is 11.7 Å². The molecule has 4 rings (SSSR count). The molecule has 0 radical (unpaired) electrons. The van der Waals surface area contributed by atoms with Crippen molar-refractivity contribution in [3.8, 4) is 5.88 Å². The van der Waals surface area contributed by atoms with Gasteiger partial charge >= 0.3 is 0 Å². The molecule has 0 saturated heterocycles. The van der Waals surface area contributed by atoms with E-state index in [1.807, 2.05) is 41.8 Å². The standard InChI is InChI=1S/C23H19ClN4O3/c1-14-21(22(29)23(30)27-16-9-10-25-20(11-16)31-2)18-5-3-4-6-19(18)28(14)13-17-8-7-15(24)12-26-17/h3-12H,13H2,1-2H3,(H,25,27,30). The van der Waals surface area contributed by atoms with E-state index in [2.05, 4.69) is 15.3 Å². The first-order valence-corrected chi connectivity index (χ1v) is 9.89. The van der Waals surface area contributed by atoms with Crippen molar-refractivity contribution in [3.05, 3.63) is 82.9 Å². The van der Waals surface area contributed by atoms with E-state index >= 15 is 0 Å². The molecule has 0 aliphatic carbocycles. The van der Waals surface area contributed by atoms with Crippen LogP contribution in [0.25, 0.3) is 10.9 Å². The summed E-state index contributed by atoms with van der Waals surface area (Å²) in [6.45, 7) is 2.27. The van der Waals surface area contributed by atoms with Crippen LogP contribution in [0, 0.1) is 6.92 Å². The fourth-order valence-corrected chi connectivity index (χ4v) is 3.60. The summed E-state index contributed by atoms with van der Waals surface area (Å²) in [7, 11) is 1.48. The molecule has 0 unspecified atom stereocenters. The topological polar surface area (TPSA) is 86.1 Å². The Bertz CT molecular complexity index is 1280. The maximum absolute atomic E-state index is 13.1. The molecule has 31 heavy (non-hydrogen) atoms. The molecule has 3 heterocycles. The van der Waals surface area contributed by atoms with Crippen molar-refractivity contribution in [1.82, 2.24) is 14.5 Å². The van der Waals surface area contributed by atoms with E-state index in [1.165, 1.54) is 13.3 Å². The van der Waals surface area contributed by atoms with Crippen LogP contribution in [-0.4, -0.2) is 33.3 Å². The lowest BCUT2D eigenvalue weighted by Gasteiger charge is -2.09. The summed E-state index contributed by atoms with van der Waals surface area (Å²) >= 11 is 5.94. The summed E-state index contributed by atoms with van der Waals surface area (Å²) < 4.78 is 7.03. The quantitative estimate of drug-likeness (QED) is 0.361. The van der Waals surface area contributed by atoms with Gasteiger partial charge in [-0.2, -0.15) is 0 Å². The minimum absolute atomic E-state index is 0.341. The predicted octanol–water partition coefficient (Wildman–Crippen LogP) is 4.27. The Morgan fingerprint density at radius 1 is 1.13 bits per heavy atom. The minimum Gasteiger partial charge on any atom is -0.481 e. The Kier molecular flexibility index (Phi) is 5.68. The average molecular weight is 435 g/mol. The van der Waals surface area contributed by atoms with Crippen LogP contribution < -0.4 is 10.1 Å². The zero-order chi connectivity index (χ0) is 22.0. The number of nitrogens with one attached hydrogen (secondary N) is 1. The lowest BCUT2D eigenvalue weighted by molar-refractivity contribution is -0.112. The molecule has 1 N–H and O–H groups in total. The van der Waals surface area contributed by atoms with E-state index in [1.54, 1.807) is 24.4 Å². The second-order valence-corrected chi connectivity index (χ2v) is 7.34. The molecule has 7 nitrogen and oxygen atoms in total. The van der Waals surface area contributed by atoms with Crippen LogP contribution in [0.5, 0.6) is 5.88 Å². The van der Waals surface area contributed by atoms with Crippen molar-refractivity contribution in [2.24, 2.45) is 0 Å². The third-order valence-corrected chi connectivity index (χ3v) is 5.20. The van der Waals surface area contributed by atoms with E-state index in [0.717, 1.165) is 11.2 Å². The SMILES string of the molecule is COc1cc(NC(=O)C(=O)c2c(C)n(Cc3ccc(Cl)cn3)c3ccccc23)ccn1. The van der Waals surface area contributed by atoms with Gasteiger partial charge in [0.15, 0.2) is 0 Å². The van der Waals surface area contributed by atoms with Crippen LogP contribution in [0.2, 0.25) is 5.02 Å². The normalized spacial score (nSPS) is 10.8. The maximum atomic E-state index is 13.1. The first kappa shape index (κ1) is 20.6. The number of amides is 1. The fourth-order valence-electron chi connectivity index (χ4n) is 3.48. The zero-order valence-electron chi connectivity index (χ0n) is 16.9. The molecular formula is C23H19ClN4O3. The number of para-hydroxylation sites is 1. The number of rotatable bonds is 6. The summed E-state index contributed by atoms with van der Waals surface area (Å²) in [5.41, 5.74) is 3.12. The minimum atomic E-state index is -0.733. The van der Waals surface area contributed by atoms with Gasteiger partial charge in [-0.05, 0) is 31.2 Å². The largest absolute Gasteiger partial charge is 0.481 e. The zero-order valence-corrected chi connectivity index (χ0v) is 17.7. The van der Waals surface area contributed by atoms with Gasteiger partial charge < -0.3 is 14.6 Å². The summed E-state index contributed by atoms with van der Waals surface area (Å²) in [6, 6.07) is 14.2. The van der Waals surface area contributed by atoms with Crippen molar-refractivity contribution in [2.45, 2.75) is 13.5 Å². The average Bonchev–Trinajstić information content (AvgIpc) is 3.06. The predicted molar refractivity (Wildman–Crippen MR) is 119 cm³/mol. The van der Waals surface area contributed by atoms with Gasteiger partial charge in [-0.1, -0.05) is 29.8 Å². The number of benzene rings is 1. The van der Waals surface area contributed by atoms with Crippen LogP contribution in [0.4, 0.5) is 5.69 Å². The van der Waals surface area contributed by atoms with Gasteiger partial charge in [0.1, 0.15) is 0 Å². The van der Waals surface area contributed by atoms with Gasteiger partial charge in [-0.15, -0.1) is 0 Å². The first-order chi connectivity index (χ1) is 15.0. The number of hydrogen-bond acceptors (Lipinski definition) is 5. The van der Waals surface area contributed by atoms with Crippen molar-refractivity contribution >= 4 is 39.9 Å². The molecule has 0 atom stereocenters. The van der Waals surface area contributed by atoms with Crippen molar-refractivity contribution in [3.63, 3.8) is 0 Å². The molecule has 156 valence electrons. The molecule has 4 aromatic rings. The number of carbonyl (C=O) groups excluding carboxylic acids is 2. The number of methoxy groups -OCH3 is 1. The summed E-state index contributed by atoms with van der Waals surface area (Å²) in [4.78, 5) is 34.2. The second kappa shape index (κ2) is 8.57. The molecule has 8 heteroatoms. The number of ketones is 1. The Labute approximate surface area is 183 Å². The number of hydrogen-bond donors (Lipinski definition) is 1. The second-order valence-electron chi connectivity index (χ2n) is 6.90. The lowest BCUT2D eigenvalue weighted by atomic mass is 10.1. The smallest absolute Gasteiger partial charge is 0.296 e. The summed E-state index contributed by atoms with van der Waals surface area (Å²) in [5.74, 6) is -1.01. The van der Waals surface area contributed by atoms with Crippen molar-refractivity contribution in [1.29, 1.82) is 0 Å². The van der Waals surface area contributed by atoms with Crippen LogP contribution in [0.15, 0.2) is 60.9 Å². The third-order valence-electron chi connectivity index (χ3n) is 4.97. The van der Waals surface area contributed by atoms with E-state index in [0.29, 0.717) is 39.8 Å². The van der Waals surface area contributed by atoms with Gasteiger partial charge in [0.25, 0.3) is 11.7 Å². The Hall–Kier alpha value is -3.71. The highest BCUT2D eigenvalue weighted by atomic mass is 35.5. The van der Waals surface area contributed by atoms with Crippen molar-refractivity contribution in [2.75, 3.05) is 12.4 Å². The molecule has 0 aliphatic rings. The van der Waals surface area contributed by atoms with Gasteiger partial charge in [0.2, 0.25) is 5.88 Å². The molecule has 0 aliphatic heterocycles. The molecule has 0 spiro atoms. The molecule has 0 saturated carbocycles. The first-order valence-electron chi connectivity index (χ1n) is 9.52. The molecule has 0 bridgehead atoms. The third kappa shape index (κ3) is 4.13. The highest BCUT2D eigenvalue weighted by molar-refractivity contribution is 6.48. The van der Waals surface area contributed by atoms with Crippen LogP contribution in [0.3, 0.4) is 0 Å². The van der Waals surface area contributed by atoms with Crippen LogP contribution in [-0.2, 0) is 11.3 Å². The number of carbonyl (C=O) groups is 2. The van der Waals surface area contributed by atoms with E-state index in [4.69, 9.17) is 16.3 Å². The number of fused-ring (bicyclic) bond motifs is 1. The van der Waals surface area contributed by atoms with Crippen LogP contribution in [0.1, 0.15) is 21.7 Å². The van der Waals surface area contributed by atoms with Gasteiger partial charge in [-0.25, -0.2) is 4.98 Å². The van der Waals surface area contributed by atoms with Crippen molar-refractivity contribution < 1.29 is 14.3 Å². The number of ether oxygens (including phenoxy) is 1. The molecule has 0 fully saturated rings. The monoisotopic (exact) mass is 434 g/mol. The fraction of sp³-hybridized carbons (Fsp3) is 0.130. The highest BCUT2D eigenvalue weighted by Gasteiger charge is 2.25. The Morgan fingerprint density at radius 3 is 2.68 bits per heavy atom. The summed E-state index contributed by atoms with van der Waals surface area (Å²) in [6.07, 6.45) is 3.08. The number of halogens is 1. The number of anilines is 1. The highest BCUT2D eigenvalue weighted by Crippen LogP contribution is 2.27. The van der Waals surface area contributed by atoms with Gasteiger partial charge in [0, 0.05) is 40.7 Å². The Morgan fingerprint density at radius 2 is 1.94 bits per heavy atom. The van der Waals surface area contributed by atoms with Gasteiger partial charge in [-0.3, -0.25) is 14.6 Å². The van der Waals surface area contributed by atoms with Crippen LogP contribution >= 0.6 is 11.6 Å².